The van der Waals surface area contributed by atoms with Crippen LogP contribution in [-0.2, 0) is 24.0 Å². The molecule has 5 nitrogen and oxygen atoms in total. The molecule has 0 unspecified atom stereocenters. The van der Waals surface area contributed by atoms with Crippen LogP contribution in [0.1, 0.15) is 46.5 Å². The average molecular weight is 416 g/mol. The van der Waals surface area contributed by atoms with Gasteiger partial charge in [0.2, 0.25) is 5.79 Å². The van der Waals surface area contributed by atoms with Crippen LogP contribution in [0, 0.1) is 23.7 Å². The second-order valence-corrected chi connectivity index (χ2v) is 8.79. The molecular formula is C18H25F5O5. The first-order valence-electron chi connectivity index (χ1n) is 9.66. The fraction of sp³-hybridized carbons (Fsp3) is 1.00. The number of fused-ring (bicyclic) bond motifs is 2. The first kappa shape index (κ1) is 20.7. The minimum Gasteiger partial charge on any atom is -0.346 e. The molecule has 5 fully saturated rings. The van der Waals surface area contributed by atoms with Gasteiger partial charge in [0.05, 0.1) is 0 Å². The predicted molar refractivity (Wildman–Crippen MR) is 83.8 cm³/mol. The summed E-state index contributed by atoms with van der Waals surface area (Å²) in [5, 5.41) is 0. The molecule has 8 atom stereocenters. The second-order valence-electron chi connectivity index (χ2n) is 8.79. The van der Waals surface area contributed by atoms with E-state index >= 15 is 0 Å². The van der Waals surface area contributed by atoms with Crippen LogP contribution in [0.3, 0.4) is 0 Å². The Bertz CT molecular complexity index is 616. The van der Waals surface area contributed by atoms with Gasteiger partial charge in [0.1, 0.15) is 6.61 Å². The molecule has 2 bridgehead atoms. The standard InChI is InChI=1S/C18H25F5O5/c1-9-4-5-12-10(2)13(24-8-16(19,20)18(21,22)23)25-14-17(12)11(9)6-7-15(3,26-14)27-28-17/h9-14H,4-8H2,1-3H3/t9-,10+,11+,12+,13-,14-,15-,17-/m1/s1. The zero-order valence-electron chi connectivity index (χ0n) is 15.9. The summed E-state index contributed by atoms with van der Waals surface area (Å²) < 4.78 is 80.9. The lowest BCUT2D eigenvalue weighted by Crippen LogP contribution is -2.70. The molecule has 1 aliphatic carbocycles. The first-order chi connectivity index (χ1) is 12.9. The lowest BCUT2D eigenvalue weighted by atomic mass is 9.58. The highest BCUT2D eigenvalue weighted by Crippen LogP contribution is 2.60. The van der Waals surface area contributed by atoms with Gasteiger partial charge in [-0.25, -0.2) is 9.78 Å². The summed E-state index contributed by atoms with van der Waals surface area (Å²) in [4.78, 5) is 11.5. The molecule has 0 aromatic carbocycles. The molecule has 10 heteroatoms. The summed E-state index contributed by atoms with van der Waals surface area (Å²) in [6.07, 6.45) is -4.94. The van der Waals surface area contributed by atoms with E-state index in [-0.39, 0.29) is 11.8 Å². The van der Waals surface area contributed by atoms with Crippen LogP contribution in [0.25, 0.3) is 0 Å². The highest BCUT2D eigenvalue weighted by molar-refractivity contribution is 5.09. The van der Waals surface area contributed by atoms with E-state index in [0.717, 1.165) is 12.8 Å². The Labute approximate surface area is 159 Å². The Kier molecular flexibility index (Phi) is 4.79. The van der Waals surface area contributed by atoms with Crippen molar-refractivity contribution < 1.29 is 45.9 Å². The van der Waals surface area contributed by atoms with Crippen LogP contribution in [0.5, 0.6) is 0 Å². The Morgan fingerprint density at radius 1 is 1.00 bits per heavy atom. The summed E-state index contributed by atoms with van der Waals surface area (Å²) in [6, 6.07) is 0. The molecule has 0 radical (unpaired) electrons. The summed E-state index contributed by atoms with van der Waals surface area (Å²) >= 11 is 0. The minimum atomic E-state index is -5.68. The van der Waals surface area contributed by atoms with Crippen molar-refractivity contribution in [3.05, 3.63) is 0 Å². The topological polar surface area (TPSA) is 46.2 Å². The molecule has 4 aliphatic heterocycles. The number of hydrogen-bond donors (Lipinski definition) is 0. The molecule has 162 valence electrons. The van der Waals surface area contributed by atoms with Gasteiger partial charge in [0.25, 0.3) is 0 Å². The number of rotatable bonds is 3. The molecule has 0 amide bonds. The number of halogens is 5. The summed E-state index contributed by atoms with van der Waals surface area (Å²) in [7, 11) is 0. The molecule has 1 spiro atoms. The van der Waals surface area contributed by atoms with Crippen molar-refractivity contribution in [2.75, 3.05) is 6.61 Å². The quantitative estimate of drug-likeness (QED) is 0.504. The van der Waals surface area contributed by atoms with Crippen LogP contribution in [0.4, 0.5) is 22.0 Å². The van der Waals surface area contributed by atoms with Gasteiger partial charge in [-0.15, -0.1) is 0 Å². The fourth-order valence-electron chi connectivity index (χ4n) is 5.33. The van der Waals surface area contributed by atoms with Gasteiger partial charge in [-0.3, -0.25) is 0 Å². The third-order valence-corrected chi connectivity index (χ3v) is 6.94. The van der Waals surface area contributed by atoms with Gasteiger partial charge in [-0.1, -0.05) is 13.8 Å². The van der Waals surface area contributed by atoms with E-state index in [1.54, 1.807) is 13.8 Å². The Morgan fingerprint density at radius 2 is 1.71 bits per heavy atom. The summed E-state index contributed by atoms with van der Waals surface area (Å²) in [5.41, 5.74) is -0.917. The molecule has 5 rings (SSSR count). The summed E-state index contributed by atoms with van der Waals surface area (Å²) in [6.45, 7) is 3.74. The van der Waals surface area contributed by atoms with Crippen molar-refractivity contribution in [3.8, 4) is 0 Å². The molecule has 28 heavy (non-hydrogen) atoms. The van der Waals surface area contributed by atoms with Gasteiger partial charge in [0, 0.05) is 18.3 Å². The molecule has 0 N–H and O–H groups in total. The minimum absolute atomic E-state index is 0.0700. The van der Waals surface area contributed by atoms with E-state index in [1.807, 2.05) is 0 Å². The monoisotopic (exact) mass is 416 g/mol. The van der Waals surface area contributed by atoms with Gasteiger partial charge in [-0.2, -0.15) is 22.0 Å². The number of hydrogen-bond acceptors (Lipinski definition) is 5. The predicted octanol–water partition coefficient (Wildman–Crippen LogP) is 4.41. The lowest BCUT2D eigenvalue weighted by Gasteiger charge is -2.60. The zero-order chi connectivity index (χ0) is 20.5. The second kappa shape index (κ2) is 6.47. The number of alkyl halides is 5. The van der Waals surface area contributed by atoms with Crippen molar-refractivity contribution in [1.82, 2.24) is 0 Å². The maximum Gasteiger partial charge on any atom is 0.455 e. The van der Waals surface area contributed by atoms with E-state index in [0.29, 0.717) is 18.8 Å². The Morgan fingerprint density at radius 3 is 2.39 bits per heavy atom. The maximum absolute atomic E-state index is 13.3. The Hall–Kier alpha value is -0.550. The van der Waals surface area contributed by atoms with Crippen molar-refractivity contribution in [2.24, 2.45) is 23.7 Å². The van der Waals surface area contributed by atoms with Crippen molar-refractivity contribution in [2.45, 2.75) is 82.5 Å². The highest BCUT2D eigenvalue weighted by Gasteiger charge is 2.70. The Balaban J connectivity index is 1.60. The molecule has 4 saturated heterocycles. The molecule has 1 saturated carbocycles. The molecule has 0 aromatic rings. The van der Waals surface area contributed by atoms with Crippen LogP contribution in [0.2, 0.25) is 0 Å². The normalized spacial score (nSPS) is 48.9. The van der Waals surface area contributed by atoms with Gasteiger partial charge in [0.15, 0.2) is 18.2 Å². The van der Waals surface area contributed by atoms with Gasteiger partial charge < -0.3 is 14.2 Å². The van der Waals surface area contributed by atoms with E-state index in [2.05, 4.69) is 6.92 Å². The van der Waals surface area contributed by atoms with E-state index in [9.17, 15) is 22.0 Å². The van der Waals surface area contributed by atoms with Crippen LogP contribution in [0.15, 0.2) is 0 Å². The maximum atomic E-state index is 13.3. The smallest absolute Gasteiger partial charge is 0.346 e. The fourth-order valence-corrected chi connectivity index (χ4v) is 5.33. The summed E-state index contributed by atoms with van der Waals surface area (Å²) in [5.74, 6) is -6.30. The van der Waals surface area contributed by atoms with Crippen LogP contribution < -0.4 is 0 Å². The molecule has 4 heterocycles. The molecular weight excluding hydrogens is 391 g/mol. The SMILES string of the molecule is C[C@@H]1[C@H](OCC(F)(F)C(F)(F)F)O[C@@H]2O[C@@]3(C)CC[C@H]4[C@H](C)CC[C@@H]1[C@@]24OO3. The first-order valence-corrected chi connectivity index (χ1v) is 9.66. The number of ether oxygens (including phenoxy) is 3. The van der Waals surface area contributed by atoms with Crippen molar-refractivity contribution in [1.29, 1.82) is 0 Å². The van der Waals surface area contributed by atoms with Crippen LogP contribution >= 0.6 is 0 Å². The average Bonchev–Trinajstić information content (AvgIpc) is 2.82. The van der Waals surface area contributed by atoms with Crippen molar-refractivity contribution in [3.63, 3.8) is 0 Å². The third-order valence-electron chi connectivity index (χ3n) is 6.94. The zero-order valence-corrected chi connectivity index (χ0v) is 15.9. The largest absolute Gasteiger partial charge is 0.455 e. The highest BCUT2D eigenvalue weighted by atomic mass is 19.4. The lowest BCUT2D eigenvalue weighted by molar-refractivity contribution is -0.578. The third kappa shape index (κ3) is 2.98. The van der Waals surface area contributed by atoms with Crippen molar-refractivity contribution >= 4 is 0 Å². The van der Waals surface area contributed by atoms with E-state index in [4.69, 9.17) is 24.0 Å². The van der Waals surface area contributed by atoms with Gasteiger partial charge >= 0.3 is 12.1 Å². The molecule has 0 aromatic heterocycles. The van der Waals surface area contributed by atoms with Gasteiger partial charge in [-0.05, 0) is 38.0 Å². The van der Waals surface area contributed by atoms with E-state index in [1.165, 1.54) is 0 Å². The van der Waals surface area contributed by atoms with Crippen LogP contribution in [-0.4, -0.2) is 42.7 Å². The molecule has 5 aliphatic rings. The van der Waals surface area contributed by atoms with E-state index < -0.39 is 48.6 Å².